The molecule has 0 aromatic heterocycles. The van der Waals surface area contributed by atoms with Crippen molar-refractivity contribution in [3.05, 3.63) is 0 Å². The molecule has 3 nitrogen and oxygen atoms in total. The van der Waals surface area contributed by atoms with Crippen molar-refractivity contribution < 1.29 is 14.3 Å². The first-order chi connectivity index (χ1) is 6.64. The predicted molar refractivity (Wildman–Crippen MR) is 56.3 cm³/mol. The molecule has 4 heteroatoms. The molecule has 1 aliphatic rings. The molecule has 1 saturated carbocycles. The van der Waals surface area contributed by atoms with Crippen LogP contribution in [0.4, 0.5) is 0 Å². The van der Waals surface area contributed by atoms with E-state index in [0.29, 0.717) is 37.6 Å². The van der Waals surface area contributed by atoms with Gasteiger partial charge in [-0.25, -0.2) is 0 Å². The average molecular weight is 263 g/mol. The van der Waals surface area contributed by atoms with Crippen LogP contribution in [0, 0.1) is 5.41 Å². The van der Waals surface area contributed by atoms with Crippen LogP contribution in [-0.4, -0.2) is 23.7 Å². The zero-order chi connectivity index (χ0) is 10.6. The highest BCUT2D eigenvalue weighted by Gasteiger charge is 2.41. The summed E-state index contributed by atoms with van der Waals surface area (Å²) in [4.78, 5) is 22.8. The van der Waals surface area contributed by atoms with Crippen LogP contribution in [0.3, 0.4) is 0 Å². The molecule has 0 spiro atoms. The normalized spacial score (nSPS) is 20.6. The minimum Gasteiger partial charge on any atom is -0.466 e. The maximum absolute atomic E-state index is 11.7. The highest BCUT2D eigenvalue weighted by atomic mass is 79.9. The molecule has 0 saturated heterocycles. The fraction of sp³-hybridized carbons (Fsp3) is 0.800. The van der Waals surface area contributed by atoms with Crippen molar-refractivity contribution in [1.29, 1.82) is 0 Å². The zero-order valence-electron chi connectivity index (χ0n) is 8.35. The van der Waals surface area contributed by atoms with Gasteiger partial charge in [0.15, 0.2) is 0 Å². The van der Waals surface area contributed by atoms with Gasteiger partial charge >= 0.3 is 5.97 Å². The van der Waals surface area contributed by atoms with Gasteiger partial charge in [-0.2, -0.15) is 0 Å². The van der Waals surface area contributed by atoms with Crippen molar-refractivity contribution in [1.82, 2.24) is 0 Å². The van der Waals surface area contributed by atoms with E-state index in [2.05, 4.69) is 15.9 Å². The van der Waals surface area contributed by atoms with Crippen LogP contribution in [0.2, 0.25) is 0 Å². The molecule has 0 aromatic carbocycles. The molecule has 0 radical (unpaired) electrons. The maximum atomic E-state index is 11.7. The third-order valence-corrected chi connectivity index (χ3v) is 3.80. The molecule has 1 fully saturated rings. The Morgan fingerprint density at radius 1 is 1.50 bits per heavy atom. The summed E-state index contributed by atoms with van der Waals surface area (Å²) in [5.74, 6) is 0.0928. The lowest BCUT2D eigenvalue weighted by atomic mass is 9.75. The highest BCUT2D eigenvalue weighted by molar-refractivity contribution is 9.09. The third-order valence-electron chi connectivity index (χ3n) is 2.73. The molecular weight excluding hydrogens is 248 g/mol. The number of alkyl halides is 1. The molecule has 0 heterocycles. The summed E-state index contributed by atoms with van der Waals surface area (Å²) in [6.45, 7) is 2.20. The standard InChI is InChI=1S/C10H15BrO3/c1-2-14-9(13)10(7-11)5-3-8(12)4-6-10/h2-7H2,1H3. The van der Waals surface area contributed by atoms with Crippen LogP contribution in [0.25, 0.3) is 0 Å². The second-order valence-corrected chi connectivity index (χ2v) is 4.23. The number of rotatable bonds is 3. The van der Waals surface area contributed by atoms with Gasteiger partial charge in [-0.15, -0.1) is 0 Å². The van der Waals surface area contributed by atoms with Crippen molar-refractivity contribution in [3.8, 4) is 0 Å². The Bertz CT molecular complexity index is 228. The molecule has 0 N–H and O–H groups in total. The molecule has 0 atom stereocenters. The van der Waals surface area contributed by atoms with E-state index in [0.717, 1.165) is 0 Å². The largest absolute Gasteiger partial charge is 0.466 e. The van der Waals surface area contributed by atoms with E-state index >= 15 is 0 Å². The third kappa shape index (κ3) is 2.35. The first kappa shape index (κ1) is 11.7. The fourth-order valence-corrected chi connectivity index (χ4v) is 2.47. The second kappa shape index (κ2) is 4.91. The molecule has 0 bridgehead atoms. The lowest BCUT2D eigenvalue weighted by Crippen LogP contribution is -2.38. The second-order valence-electron chi connectivity index (χ2n) is 3.67. The summed E-state index contributed by atoms with van der Waals surface area (Å²) in [6.07, 6.45) is 2.25. The first-order valence-electron chi connectivity index (χ1n) is 4.89. The van der Waals surface area contributed by atoms with E-state index in [1.807, 2.05) is 0 Å². The summed E-state index contributed by atoms with van der Waals surface area (Å²) in [5.41, 5.74) is -0.454. The lowest BCUT2D eigenvalue weighted by molar-refractivity contribution is -0.156. The summed E-state index contributed by atoms with van der Waals surface area (Å²) in [6, 6.07) is 0. The predicted octanol–water partition coefficient (Wildman–Crippen LogP) is 2.07. The van der Waals surface area contributed by atoms with Gasteiger partial charge in [0.2, 0.25) is 0 Å². The number of hydrogen-bond acceptors (Lipinski definition) is 3. The molecule has 0 amide bonds. The molecule has 1 rings (SSSR count). The van der Waals surface area contributed by atoms with Gasteiger partial charge in [0.05, 0.1) is 12.0 Å². The van der Waals surface area contributed by atoms with Crippen molar-refractivity contribution >= 4 is 27.7 Å². The van der Waals surface area contributed by atoms with Gasteiger partial charge in [0, 0.05) is 18.2 Å². The minimum atomic E-state index is -0.454. The van der Waals surface area contributed by atoms with Crippen LogP contribution in [0.5, 0.6) is 0 Å². The number of halogens is 1. The molecule has 80 valence electrons. The monoisotopic (exact) mass is 262 g/mol. The van der Waals surface area contributed by atoms with E-state index in [4.69, 9.17) is 4.74 Å². The Hall–Kier alpha value is -0.380. The summed E-state index contributed by atoms with van der Waals surface area (Å²) in [7, 11) is 0. The Morgan fingerprint density at radius 2 is 2.07 bits per heavy atom. The number of ether oxygens (including phenoxy) is 1. The number of esters is 1. The smallest absolute Gasteiger partial charge is 0.312 e. The molecule has 0 unspecified atom stereocenters. The maximum Gasteiger partial charge on any atom is 0.312 e. The SMILES string of the molecule is CCOC(=O)C1(CBr)CCC(=O)CC1. The van der Waals surface area contributed by atoms with Gasteiger partial charge in [0.25, 0.3) is 0 Å². The fourth-order valence-electron chi connectivity index (χ4n) is 1.68. The van der Waals surface area contributed by atoms with Crippen LogP contribution < -0.4 is 0 Å². The molecule has 0 aromatic rings. The topological polar surface area (TPSA) is 43.4 Å². The molecular formula is C10H15BrO3. The Balaban J connectivity index is 2.66. The van der Waals surface area contributed by atoms with Crippen LogP contribution >= 0.6 is 15.9 Å². The zero-order valence-corrected chi connectivity index (χ0v) is 9.93. The van der Waals surface area contributed by atoms with E-state index in [9.17, 15) is 9.59 Å². The van der Waals surface area contributed by atoms with Crippen LogP contribution in [0.15, 0.2) is 0 Å². The van der Waals surface area contributed by atoms with Gasteiger partial charge in [-0.1, -0.05) is 15.9 Å². The number of carbonyl (C=O) groups is 2. The van der Waals surface area contributed by atoms with Gasteiger partial charge in [-0.3, -0.25) is 9.59 Å². The number of ketones is 1. The van der Waals surface area contributed by atoms with Crippen LogP contribution in [-0.2, 0) is 14.3 Å². The minimum absolute atomic E-state index is 0.163. The number of carbonyl (C=O) groups excluding carboxylic acids is 2. The summed E-state index contributed by atoms with van der Waals surface area (Å²) in [5, 5.41) is 0.589. The first-order valence-corrected chi connectivity index (χ1v) is 6.01. The average Bonchev–Trinajstić information content (AvgIpc) is 2.20. The molecule has 1 aliphatic carbocycles. The van der Waals surface area contributed by atoms with Crippen molar-refractivity contribution in [3.63, 3.8) is 0 Å². The van der Waals surface area contributed by atoms with Crippen molar-refractivity contribution in [2.75, 3.05) is 11.9 Å². The van der Waals surface area contributed by atoms with E-state index in [-0.39, 0.29) is 11.8 Å². The highest BCUT2D eigenvalue weighted by Crippen LogP contribution is 2.37. The lowest BCUT2D eigenvalue weighted by Gasteiger charge is -2.32. The Labute approximate surface area is 92.3 Å². The Kier molecular flexibility index (Phi) is 4.11. The molecule has 0 aliphatic heterocycles. The number of hydrogen-bond donors (Lipinski definition) is 0. The van der Waals surface area contributed by atoms with E-state index < -0.39 is 5.41 Å². The van der Waals surface area contributed by atoms with Gasteiger partial charge in [0.1, 0.15) is 5.78 Å². The van der Waals surface area contributed by atoms with Gasteiger partial charge in [-0.05, 0) is 19.8 Å². The van der Waals surface area contributed by atoms with Gasteiger partial charge < -0.3 is 4.74 Å². The van der Waals surface area contributed by atoms with Crippen molar-refractivity contribution in [2.24, 2.45) is 5.41 Å². The van der Waals surface area contributed by atoms with E-state index in [1.54, 1.807) is 6.92 Å². The quantitative estimate of drug-likeness (QED) is 0.578. The Morgan fingerprint density at radius 3 is 2.50 bits per heavy atom. The summed E-state index contributed by atoms with van der Waals surface area (Å²) < 4.78 is 5.03. The number of Topliss-reactive ketones (excluding diaryl/α,β-unsaturated/α-hetero) is 1. The van der Waals surface area contributed by atoms with Crippen molar-refractivity contribution in [2.45, 2.75) is 32.6 Å². The van der Waals surface area contributed by atoms with Crippen LogP contribution in [0.1, 0.15) is 32.6 Å². The van der Waals surface area contributed by atoms with E-state index in [1.165, 1.54) is 0 Å². The molecule has 14 heavy (non-hydrogen) atoms. The summed E-state index contributed by atoms with van der Waals surface area (Å²) >= 11 is 3.35.